The van der Waals surface area contributed by atoms with Gasteiger partial charge in [0.1, 0.15) is 10.0 Å². The molecule has 1 heterocycles. The summed E-state index contributed by atoms with van der Waals surface area (Å²) in [4.78, 5) is 0. The van der Waals surface area contributed by atoms with Gasteiger partial charge in [0.25, 0.3) is 0 Å². The van der Waals surface area contributed by atoms with Crippen LogP contribution in [0, 0.1) is 0 Å². The van der Waals surface area contributed by atoms with Crippen molar-refractivity contribution in [2.45, 2.75) is 13.3 Å². The molecule has 2 aromatic rings. The molecule has 0 saturated heterocycles. The van der Waals surface area contributed by atoms with Gasteiger partial charge in [-0.25, -0.2) is 0 Å². The summed E-state index contributed by atoms with van der Waals surface area (Å²) in [5, 5.41) is 31.8. The number of nitrogens with zero attached hydrogens (tertiary/aromatic N) is 2. The van der Waals surface area contributed by atoms with E-state index in [-0.39, 0.29) is 11.5 Å². The number of phenols is 2. The molecule has 96 valence electrons. The number of benzene rings is 1. The van der Waals surface area contributed by atoms with Crippen molar-refractivity contribution in [2.24, 2.45) is 0 Å². The molecule has 0 aliphatic carbocycles. The van der Waals surface area contributed by atoms with E-state index < -0.39 is 0 Å². The van der Waals surface area contributed by atoms with Crippen LogP contribution in [0.5, 0.6) is 11.5 Å². The first-order chi connectivity index (χ1) is 8.70. The van der Waals surface area contributed by atoms with Crippen LogP contribution < -0.4 is 5.32 Å². The van der Waals surface area contributed by atoms with Crippen LogP contribution in [0.4, 0.5) is 0 Å². The fourth-order valence-corrected chi connectivity index (χ4v) is 2.34. The molecule has 0 unspecified atom stereocenters. The summed E-state index contributed by atoms with van der Waals surface area (Å²) in [6.07, 6.45) is 0.843. The predicted molar refractivity (Wildman–Crippen MR) is 70.9 cm³/mol. The molecule has 1 aromatic heterocycles. The van der Waals surface area contributed by atoms with Crippen LogP contribution in [0.15, 0.2) is 18.2 Å². The Morgan fingerprint density at radius 1 is 1.22 bits per heavy atom. The second-order valence-corrected chi connectivity index (χ2v) is 4.87. The van der Waals surface area contributed by atoms with Gasteiger partial charge in [-0.1, -0.05) is 18.3 Å². The summed E-state index contributed by atoms with van der Waals surface area (Å²) < 4.78 is 0. The van der Waals surface area contributed by atoms with Gasteiger partial charge in [-0.2, -0.15) is 0 Å². The van der Waals surface area contributed by atoms with E-state index in [2.05, 4.69) is 22.4 Å². The van der Waals surface area contributed by atoms with Gasteiger partial charge in [-0.05, 0) is 24.7 Å². The molecule has 0 bridgehead atoms. The molecule has 0 saturated carbocycles. The maximum Gasteiger partial charge on any atom is 0.158 e. The van der Waals surface area contributed by atoms with Crippen molar-refractivity contribution in [3.63, 3.8) is 0 Å². The van der Waals surface area contributed by atoms with Gasteiger partial charge in [0, 0.05) is 18.5 Å². The molecule has 0 spiro atoms. The quantitative estimate of drug-likeness (QED) is 0.567. The van der Waals surface area contributed by atoms with Crippen molar-refractivity contribution >= 4 is 11.3 Å². The third-order valence-corrected chi connectivity index (χ3v) is 3.49. The van der Waals surface area contributed by atoms with E-state index in [1.54, 1.807) is 6.07 Å². The lowest BCUT2D eigenvalue weighted by Crippen LogP contribution is -2.15. The summed E-state index contributed by atoms with van der Waals surface area (Å²) in [5.74, 6) is -0.271. The van der Waals surface area contributed by atoms with E-state index >= 15 is 0 Å². The highest BCUT2D eigenvalue weighted by atomic mass is 32.1. The number of hydrogen-bond acceptors (Lipinski definition) is 6. The maximum absolute atomic E-state index is 9.44. The molecular weight excluding hydrogens is 250 g/mol. The van der Waals surface area contributed by atoms with E-state index in [1.807, 2.05) is 0 Å². The second kappa shape index (κ2) is 5.79. The summed E-state index contributed by atoms with van der Waals surface area (Å²) in [5.41, 5.74) is 0.762. The van der Waals surface area contributed by atoms with Crippen LogP contribution in [0.1, 0.15) is 11.9 Å². The minimum atomic E-state index is -0.142. The summed E-state index contributed by atoms with van der Waals surface area (Å²) in [6, 6.07) is 4.65. The third-order valence-electron chi connectivity index (χ3n) is 2.45. The minimum absolute atomic E-state index is 0.129. The van der Waals surface area contributed by atoms with Crippen LogP contribution in [-0.2, 0) is 6.42 Å². The molecule has 0 aliphatic heterocycles. The lowest BCUT2D eigenvalue weighted by molar-refractivity contribution is 0.404. The zero-order chi connectivity index (χ0) is 13.0. The second-order valence-electron chi connectivity index (χ2n) is 3.81. The Balaban J connectivity index is 2.11. The van der Waals surface area contributed by atoms with Gasteiger partial charge in [-0.3, -0.25) is 0 Å². The van der Waals surface area contributed by atoms with Crippen LogP contribution in [0.3, 0.4) is 0 Å². The van der Waals surface area contributed by atoms with Crippen LogP contribution in [0.2, 0.25) is 0 Å². The summed E-state index contributed by atoms with van der Waals surface area (Å²) >= 11 is 1.50. The molecule has 1 aromatic carbocycles. The van der Waals surface area contributed by atoms with Crippen molar-refractivity contribution in [1.82, 2.24) is 15.5 Å². The molecule has 2 rings (SSSR count). The first-order valence-electron chi connectivity index (χ1n) is 5.76. The number of aromatic nitrogens is 2. The molecule has 18 heavy (non-hydrogen) atoms. The van der Waals surface area contributed by atoms with Crippen molar-refractivity contribution < 1.29 is 10.2 Å². The van der Waals surface area contributed by atoms with Crippen molar-refractivity contribution in [1.29, 1.82) is 0 Å². The SMILES string of the molecule is CCNCCc1nnc(-c2ccc(O)c(O)c2)s1. The highest BCUT2D eigenvalue weighted by Gasteiger charge is 2.08. The third kappa shape index (κ3) is 2.96. The monoisotopic (exact) mass is 265 g/mol. The number of rotatable bonds is 5. The number of aromatic hydroxyl groups is 2. The van der Waals surface area contributed by atoms with Crippen LogP contribution in [-0.4, -0.2) is 33.5 Å². The van der Waals surface area contributed by atoms with E-state index in [1.165, 1.54) is 23.5 Å². The fraction of sp³-hybridized carbons (Fsp3) is 0.333. The molecule has 6 heteroatoms. The van der Waals surface area contributed by atoms with E-state index in [4.69, 9.17) is 0 Å². The predicted octanol–water partition coefficient (Wildman–Crippen LogP) is 1.77. The number of nitrogens with one attached hydrogen (secondary N) is 1. The summed E-state index contributed by atoms with van der Waals surface area (Å²) in [7, 11) is 0. The average molecular weight is 265 g/mol. The van der Waals surface area contributed by atoms with Crippen molar-refractivity contribution in [3.8, 4) is 22.1 Å². The summed E-state index contributed by atoms with van der Waals surface area (Å²) in [6.45, 7) is 3.88. The molecule has 5 nitrogen and oxygen atoms in total. The molecule has 0 aliphatic rings. The number of hydrogen-bond donors (Lipinski definition) is 3. The lowest BCUT2D eigenvalue weighted by Gasteiger charge is -1.99. The number of phenolic OH excluding ortho intramolecular Hbond substituents is 2. The number of likely N-dealkylation sites (N-methyl/N-ethyl adjacent to an activating group) is 1. The van der Waals surface area contributed by atoms with Crippen LogP contribution >= 0.6 is 11.3 Å². The van der Waals surface area contributed by atoms with Gasteiger partial charge in [0.2, 0.25) is 0 Å². The van der Waals surface area contributed by atoms with Gasteiger partial charge >= 0.3 is 0 Å². The molecular formula is C12H15N3O2S. The Hall–Kier alpha value is -1.66. The first-order valence-corrected chi connectivity index (χ1v) is 6.57. The minimum Gasteiger partial charge on any atom is -0.504 e. The highest BCUT2D eigenvalue weighted by molar-refractivity contribution is 7.14. The smallest absolute Gasteiger partial charge is 0.158 e. The Kier molecular flexibility index (Phi) is 4.11. The Bertz CT molecular complexity index is 528. The molecule has 0 fully saturated rings. The topological polar surface area (TPSA) is 78.3 Å². The highest BCUT2D eigenvalue weighted by Crippen LogP contribution is 2.31. The average Bonchev–Trinajstić information content (AvgIpc) is 2.82. The molecule has 0 atom stereocenters. The maximum atomic E-state index is 9.44. The van der Waals surface area contributed by atoms with E-state index in [0.717, 1.165) is 35.1 Å². The Morgan fingerprint density at radius 3 is 2.78 bits per heavy atom. The Labute approximate surface area is 109 Å². The van der Waals surface area contributed by atoms with Gasteiger partial charge < -0.3 is 15.5 Å². The van der Waals surface area contributed by atoms with Gasteiger partial charge in [0.15, 0.2) is 11.5 Å². The zero-order valence-corrected chi connectivity index (χ0v) is 10.9. The van der Waals surface area contributed by atoms with Crippen molar-refractivity contribution in [3.05, 3.63) is 23.2 Å². The normalized spacial score (nSPS) is 10.7. The molecule has 0 amide bonds. The Morgan fingerprint density at radius 2 is 2.06 bits per heavy atom. The largest absolute Gasteiger partial charge is 0.504 e. The first kappa shape index (κ1) is 12.8. The molecule has 0 radical (unpaired) electrons. The lowest BCUT2D eigenvalue weighted by atomic mass is 10.2. The van der Waals surface area contributed by atoms with Gasteiger partial charge in [0.05, 0.1) is 0 Å². The van der Waals surface area contributed by atoms with E-state index in [0.29, 0.717) is 0 Å². The zero-order valence-electron chi connectivity index (χ0n) is 10.1. The van der Waals surface area contributed by atoms with Crippen molar-refractivity contribution in [2.75, 3.05) is 13.1 Å². The van der Waals surface area contributed by atoms with Crippen LogP contribution in [0.25, 0.3) is 10.6 Å². The standard InChI is InChI=1S/C12H15N3O2S/c1-2-13-6-5-11-14-15-12(18-11)8-3-4-9(16)10(17)7-8/h3-4,7,13,16-17H,2,5-6H2,1H3. The molecule has 3 N–H and O–H groups in total. The fourth-order valence-electron chi connectivity index (χ4n) is 1.50. The van der Waals surface area contributed by atoms with Gasteiger partial charge in [-0.15, -0.1) is 10.2 Å². The van der Waals surface area contributed by atoms with E-state index in [9.17, 15) is 10.2 Å².